The fraction of sp³-hybridized carbons (Fsp3) is 0.188. The Labute approximate surface area is 128 Å². The Hall–Kier alpha value is -1.51. The molecule has 20 heavy (non-hydrogen) atoms. The van der Waals surface area contributed by atoms with Crippen LogP contribution in [0.1, 0.15) is 24.0 Å². The Morgan fingerprint density at radius 2 is 1.80 bits per heavy atom. The van der Waals surface area contributed by atoms with Gasteiger partial charge in [0.05, 0.1) is 16.0 Å². The van der Waals surface area contributed by atoms with Gasteiger partial charge in [-0.3, -0.25) is 4.79 Å². The minimum Gasteiger partial charge on any atom is -0.481 e. The fourth-order valence-electron chi connectivity index (χ4n) is 2.09. The summed E-state index contributed by atoms with van der Waals surface area (Å²) in [7, 11) is 0. The molecule has 1 atom stereocenters. The molecule has 2 aromatic carbocycles. The van der Waals surface area contributed by atoms with E-state index >= 15 is 0 Å². The standard InChI is InChI=1S/C16H14Cl2O2/c1-9-7-11(10(2)16(19)20)3-5-13(9)12-4-6-14(17)15(18)8-12/h3-8,10H,1-2H3,(H,19,20). The number of halogens is 2. The summed E-state index contributed by atoms with van der Waals surface area (Å²) in [6.45, 7) is 3.63. The molecule has 1 N–H and O–H groups in total. The largest absolute Gasteiger partial charge is 0.481 e. The fourth-order valence-corrected chi connectivity index (χ4v) is 2.38. The van der Waals surface area contributed by atoms with Crippen molar-refractivity contribution in [3.05, 3.63) is 57.6 Å². The van der Waals surface area contributed by atoms with E-state index in [1.807, 2.05) is 37.3 Å². The van der Waals surface area contributed by atoms with E-state index in [9.17, 15) is 4.79 Å². The number of aryl methyl sites for hydroxylation is 1. The molecule has 0 bridgehead atoms. The zero-order valence-corrected chi connectivity index (χ0v) is 12.7. The predicted molar refractivity (Wildman–Crippen MR) is 82.7 cm³/mol. The normalized spacial score (nSPS) is 12.2. The maximum Gasteiger partial charge on any atom is 0.310 e. The molecule has 0 fully saturated rings. The lowest BCUT2D eigenvalue weighted by Crippen LogP contribution is -2.07. The minimum atomic E-state index is -0.827. The van der Waals surface area contributed by atoms with Crippen LogP contribution >= 0.6 is 23.2 Å². The van der Waals surface area contributed by atoms with Crippen LogP contribution in [0, 0.1) is 6.92 Å². The first-order valence-electron chi connectivity index (χ1n) is 6.19. The second-order valence-corrected chi connectivity index (χ2v) is 5.58. The summed E-state index contributed by atoms with van der Waals surface area (Å²) in [5, 5.41) is 10.1. The Morgan fingerprint density at radius 3 is 2.35 bits per heavy atom. The molecule has 0 aliphatic carbocycles. The molecule has 104 valence electrons. The summed E-state index contributed by atoms with van der Waals surface area (Å²) in [6, 6.07) is 11.1. The average molecular weight is 309 g/mol. The first-order valence-corrected chi connectivity index (χ1v) is 6.94. The van der Waals surface area contributed by atoms with Gasteiger partial charge in [-0.15, -0.1) is 0 Å². The first kappa shape index (κ1) is 14.9. The Balaban J connectivity index is 2.44. The van der Waals surface area contributed by atoms with Crippen molar-refractivity contribution in [2.24, 2.45) is 0 Å². The highest BCUT2D eigenvalue weighted by Crippen LogP contribution is 2.31. The SMILES string of the molecule is Cc1cc(C(C)C(=O)O)ccc1-c1ccc(Cl)c(Cl)c1. The smallest absolute Gasteiger partial charge is 0.310 e. The summed E-state index contributed by atoms with van der Waals surface area (Å²) in [4.78, 5) is 11.0. The number of carbonyl (C=O) groups is 1. The zero-order valence-electron chi connectivity index (χ0n) is 11.2. The maximum atomic E-state index is 11.0. The summed E-state index contributed by atoms with van der Waals surface area (Å²) >= 11 is 11.9. The molecule has 0 amide bonds. The summed E-state index contributed by atoms with van der Waals surface area (Å²) in [5.74, 6) is -1.34. The van der Waals surface area contributed by atoms with E-state index in [0.29, 0.717) is 10.0 Å². The van der Waals surface area contributed by atoms with Crippen molar-refractivity contribution in [3.63, 3.8) is 0 Å². The predicted octanol–water partition coefficient (Wildman–Crippen LogP) is 5.16. The molecule has 0 heterocycles. The van der Waals surface area contributed by atoms with Gasteiger partial charge in [-0.1, -0.05) is 47.5 Å². The van der Waals surface area contributed by atoms with Crippen LogP contribution in [0.25, 0.3) is 11.1 Å². The van der Waals surface area contributed by atoms with Gasteiger partial charge in [0, 0.05) is 0 Å². The lowest BCUT2D eigenvalue weighted by molar-refractivity contribution is -0.138. The van der Waals surface area contributed by atoms with E-state index in [2.05, 4.69) is 0 Å². The minimum absolute atomic E-state index is 0.506. The van der Waals surface area contributed by atoms with Gasteiger partial charge in [0.25, 0.3) is 0 Å². The third kappa shape index (κ3) is 2.97. The molecular formula is C16H14Cl2O2. The van der Waals surface area contributed by atoms with E-state index in [-0.39, 0.29) is 0 Å². The van der Waals surface area contributed by atoms with Gasteiger partial charge >= 0.3 is 5.97 Å². The third-order valence-electron chi connectivity index (χ3n) is 3.35. The number of hydrogen-bond acceptors (Lipinski definition) is 1. The molecule has 0 radical (unpaired) electrons. The quantitative estimate of drug-likeness (QED) is 0.850. The highest BCUT2D eigenvalue weighted by Gasteiger charge is 2.15. The van der Waals surface area contributed by atoms with Crippen molar-refractivity contribution in [3.8, 4) is 11.1 Å². The summed E-state index contributed by atoms with van der Waals surface area (Å²) in [6.07, 6.45) is 0. The molecule has 2 nitrogen and oxygen atoms in total. The zero-order chi connectivity index (χ0) is 14.9. The van der Waals surface area contributed by atoms with E-state index < -0.39 is 11.9 Å². The van der Waals surface area contributed by atoms with E-state index in [0.717, 1.165) is 22.3 Å². The van der Waals surface area contributed by atoms with Crippen LogP contribution in [0.4, 0.5) is 0 Å². The van der Waals surface area contributed by atoms with Crippen molar-refractivity contribution < 1.29 is 9.90 Å². The van der Waals surface area contributed by atoms with E-state index in [1.54, 1.807) is 13.0 Å². The molecule has 0 aromatic heterocycles. The second kappa shape index (κ2) is 5.86. The monoisotopic (exact) mass is 308 g/mol. The molecular weight excluding hydrogens is 295 g/mol. The van der Waals surface area contributed by atoms with Crippen molar-refractivity contribution in [2.75, 3.05) is 0 Å². The molecule has 0 spiro atoms. The van der Waals surface area contributed by atoms with Crippen LogP contribution in [-0.2, 0) is 4.79 Å². The molecule has 0 aliphatic rings. The van der Waals surface area contributed by atoms with Crippen LogP contribution in [0.3, 0.4) is 0 Å². The number of carboxylic acid groups (broad SMARTS) is 1. The third-order valence-corrected chi connectivity index (χ3v) is 4.09. The second-order valence-electron chi connectivity index (χ2n) is 4.76. The molecule has 0 saturated carbocycles. The average Bonchev–Trinajstić information content (AvgIpc) is 2.41. The van der Waals surface area contributed by atoms with Crippen molar-refractivity contribution >= 4 is 29.2 Å². The van der Waals surface area contributed by atoms with Crippen molar-refractivity contribution in [1.29, 1.82) is 0 Å². The number of rotatable bonds is 3. The molecule has 4 heteroatoms. The maximum absolute atomic E-state index is 11.0. The molecule has 2 rings (SSSR count). The van der Waals surface area contributed by atoms with Gasteiger partial charge in [-0.2, -0.15) is 0 Å². The van der Waals surface area contributed by atoms with Crippen LogP contribution in [0.5, 0.6) is 0 Å². The Kier molecular flexibility index (Phi) is 4.36. The Bertz CT molecular complexity index is 666. The Morgan fingerprint density at radius 1 is 1.10 bits per heavy atom. The van der Waals surface area contributed by atoms with Gasteiger partial charge < -0.3 is 5.11 Å². The van der Waals surface area contributed by atoms with Crippen LogP contribution in [0.15, 0.2) is 36.4 Å². The number of hydrogen-bond donors (Lipinski definition) is 1. The highest BCUT2D eigenvalue weighted by molar-refractivity contribution is 6.42. The highest BCUT2D eigenvalue weighted by atomic mass is 35.5. The molecule has 0 saturated heterocycles. The lowest BCUT2D eigenvalue weighted by Gasteiger charge is -2.12. The molecule has 0 aliphatic heterocycles. The van der Waals surface area contributed by atoms with E-state index in [4.69, 9.17) is 28.3 Å². The van der Waals surface area contributed by atoms with Crippen LogP contribution in [-0.4, -0.2) is 11.1 Å². The van der Waals surface area contributed by atoms with Crippen molar-refractivity contribution in [1.82, 2.24) is 0 Å². The van der Waals surface area contributed by atoms with Gasteiger partial charge in [0.1, 0.15) is 0 Å². The first-order chi connectivity index (χ1) is 9.40. The summed E-state index contributed by atoms with van der Waals surface area (Å²) < 4.78 is 0. The number of aliphatic carboxylic acids is 1. The van der Waals surface area contributed by atoms with Crippen molar-refractivity contribution in [2.45, 2.75) is 19.8 Å². The van der Waals surface area contributed by atoms with Gasteiger partial charge in [-0.25, -0.2) is 0 Å². The topological polar surface area (TPSA) is 37.3 Å². The lowest BCUT2D eigenvalue weighted by atomic mass is 9.94. The molecule has 1 unspecified atom stereocenters. The van der Waals surface area contributed by atoms with Crippen LogP contribution in [0.2, 0.25) is 10.0 Å². The van der Waals surface area contributed by atoms with E-state index in [1.165, 1.54) is 0 Å². The van der Waals surface area contributed by atoms with Gasteiger partial charge in [0.15, 0.2) is 0 Å². The molecule has 2 aromatic rings. The number of carboxylic acids is 1. The summed E-state index contributed by atoms with van der Waals surface area (Å²) in [5.41, 5.74) is 3.78. The van der Waals surface area contributed by atoms with Gasteiger partial charge in [0.2, 0.25) is 0 Å². The number of benzene rings is 2. The van der Waals surface area contributed by atoms with Gasteiger partial charge in [-0.05, 0) is 48.2 Å². The van der Waals surface area contributed by atoms with Crippen LogP contribution < -0.4 is 0 Å².